The lowest BCUT2D eigenvalue weighted by Gasteiger charge is -2.06. The Morgan fingerprint density at radius 3 is 2.42 bits per heavy atom. The molecule has 1 atom stereocenters. The van der Waals surface area contributed by atoms with Crippen molar-refractivity contribution < 1.29 is 5.11 Å². The number of alkyl halides is 1. The third kappa shape index (κ3) is 2.41. The molecule has 0 aliphatic heterocycles. The molecule has 12 heavy (non-hydrogen) atoms. The average Bonchev–Trinajstić information content (AvgIpc) is 2.17. The first-order chi connectivity index (χ1) is 5.77. The number of hydrogen-bond acceptors (Lipinski definition) is 2. The third-order valence-electron chi connectivity index (χ3n) is 1.65. The van der Waals surface area contributed by atoms with E-state index in [9.17, 15) is 5.11 Å². The molecule has 3 heteroatoms. The van der Waals surface area contributed by atoms with E-state index in [-0.39, 0.29) is 5.88 Å². The number of halogens is 1. The van der Waals surface area contributed by atoms with Crippen LogP contribution in [-0.4, -0.2) is 17.2 Å². The van der Waals surface area contributed by atoms with E-state index < -0.39 is 6.10 Å². The minimum atomic E-state index is -0.539. The van der Waals surface area contributed by atoms with Crippen LogP contribution >= 0.6 is 23.4 Å². The van der Waals surface area contributed by atoms with Crippen molar-refractivity contribution in [3.05, 3.63) is 29.8 Å². The first kappa shape index (κ1) is 9.90. The minimum Gasteiger partial charge on any atom is -0.387 e. The fraction of sp³-hybridized carbons (Fsp3) is 0.333. The zero-order valence-corrected chi connectivity index (χ0v) is 8.40. The van der Waals surface area contributed by atoms with Crippen molar-refractivity contribution in [3.8, 4) is 0 Å². The van der Waals surface area contributed by atoms with E-state index in [1.807, 2.05) is 30.5 Å². The summed E-state index contributed by atoms with van der Waals surface area (Å²) in [5.74, 6) is 0.249. The molecule has 0 saturated heterocycles. The highest BCUT2D eigenvalue weighted by atomic mass is 35.5. The smallest absolute Gasteiger partial charge is 0.0925 e. The summed E-state index contributed by atoms with van der Waals surface area (Å²) >= 11 is 7.19. The lowest BCUT2D eigenvalue weighted by Crippen LogP contribution is -1.97. The summed E-state index contributed by atoms with van der Waals surface area (Å²) in [7, 11) is 0. The van der Waals surface area contributed by atoms with Gasteiger partial charge in [0.1, 0.15) is 0 Å². The fourth-order valence-corrected chi connectivity index (χ4v) is 1.50. The van der Waals surface area contributed by atoms with Crippen LogP contribution in [0.3, 0.4) is 0 Å². The van der Waals surface area contributed by atoms with Crippen molar-refractivity contribution in [1.82, 2.24) is 0 Å². The molecule has 0 aliphatic carbocycles. The zero-order chi connectivity index (χ0) is 8.97. The Labute approximate surface area is 81.7 Å². The SMILES string of the molecule is CSc1ccc([C@@H](O)CCl)cc1. The molecule has 0 radical (unpaired) electrons. The maximum atomic E-state index is 9.35. The fourth-order valence-electron chi connectivity index (χ4n) is 0.915. The quantitative estimate of drug-likeness (QED) is 0.601. The Morgan fingerprint density at radius 1 is 1.42 bits per heavy atom. The first-order valence-corrected chi connectivity index (χ1v) is 5.42. The molecule has 0 saturated carbocycles. The molecule has 1 N–H and O–H groups in total. The third-order valence-corrected chi connectivity index (χ3v) is 2.68. The highest BCUT2D eigenvalue weighted by molar-refractivity contribution is 7.98. The van der Waals surface area contributed by atoms with Crippen LogP contribution in [0.25, 0.3) is 0 Å². The van der Waals surface area contributed by atoms with Gasteiger partial charge in [0.05, 0.1) is 12.0 Å². The van der Waals surface area contributed by atoms with Crippen molar-refractivity contribution in [3.63, 3.8) is 0 Å². The van der Waals surface area contributed by atoms with Crippen LogP contribution in [0.5, 0.6) is 0 Å². The van der Waals surface area contributed by atoms with Gasteiger partial charge in [0.25, 0.3) is 0 Å². The predicted octanol–water partition coefficient (Wildman–Crippen LogP) is 2.68. The lowest BCUT2D eigenvalue weighted by molar-refractivity contribution is 0.202. The number of aliphatic hydroxyl groups is 1. The van der Waals surface area contributed by atoms with Crippen molar-refractivity contribution in [2.75, 3.05) is 12.1 Å². The van der Waals surface area contributed by atoms with Gasteiger partial charge >= 0.3 is 0 Å². The summed E-state index contributed by atoms with van der Waals surface area (Å²) in [5, 5.41) is 9.35. The highest BCUT2D eigenvalue weighted by Crippen LogP contribution is 2.19. The van der Waals surface area contributed by atoms with Crippen LogP contribution in [0.2, 0.25) is 0 Å². The standard InChI is InChI=1S/C9H11ClOS/c1-12-8-4-2-7(3-5-8)9(11)6-10/h2-5,9,11H,6H2,1H3/t9-/m0/s1. The molecule has 0 spiro atoms. The van der Waals surface area contributed by atoms with Crippen molar-refractivity contribution in [2.24, 2.45) is 0 Å². The van der Waals surface area contributed by atoms with Gasteiger partial charge in [-0.25, -0.2) is 0 Å². The van der Waals surface area contributed by atoms with Gasteiger partial charge in [-0.15, -0.1) is 23.4 Å². The topological polar surface area (TPSA) is 20.2 Å². The molecule has 0 amide bonds. The summed E-state index contributed by atoms with van der Waals surface area (Å²) in [6.45, 7) is 0. The van der Waals surface area contributed by atoms with Crippen LogP contribution in [0.1, 0.15) is 11.7 Å². The number of benzene rings is 1. The van der Waals surface area contributed by atoms with Gasteiger partial charge in [-0.1, -0.05) is 12.1 Å². The second-order valence-electron chi connectivity index (χ2n) is 2.44. The second kappa shape index (κ2) is 4.75. The molecule has 1 rings (SSSR count). The van der Waals surface area contributed by atoms with Crippen LogP contribution in [0.15, 0.2) is 29.2 Å². The van der Waals surface area contributed by atoms with Gasteiger partial charge in [0.2, 0.25) is 0 Å². The maximum absolute atomic E-state index is 9.35. The summed E-state index contributed by atoms with van der Waals surface area (Å²) in [6.07, 6.45) is 1.48. The molecule has 0 aliphatic rings. The van der Waals surface area contributed by atoms with E-state index in [1.165, 1.54) is 4.90 Å². The number of hydrogen-bond donors (Lipinski definition) is 1. The van der Waals surface area contributed by atoms with Crippen LogP contribution in [0, 0.1) is 0 Å². The Bertz CT molecular complexity index is 235. The van der Waals surface area contributed by atoms with Crippen LogP contribution in [-0.2, 0) is 0 Å². The van der Waals surface area contributed by atoms with Gasteiger partial charge in [-0.05, 0) is 24.0 Å². The normalized spacial score (nSPS) is 12.9. The van der Waals surface area contributed by atoms with E-state index in [4.69, 9.17) is 11.6 Å². The van der Waals surface area contributed by atoms with E-state index in [2.05, 4.69) is 0 Å². The largest absolute Gasteiger partial charge is 0.387 e. The molecule has 0 aromatic heterocycles. The van der Waals surface area contributed by atoms with Gasteiger partial charge in [0.15, 0.2) is 0 Å². The Kier molecular flexibility index (Phi) is 3.92. The summed E-state index contributed by atoms with van der Waals surface area (Å²) < 4.78 is 0. The first-order valence-electron chi connectivity index (χ1n) is 3.66. The minimum absolute atomic E-state index is 0.249. The molecular formula is C9H11ClOS. The molecule has 66 valence electrons. The summed E-state index contributed by atoms with van der Waals surface area (Å²) in [5.41, 5.74) is 0.878. The van der Waals surface area contributed by atoms with E-state index in [0.717, 1.165) is 5.56 Å². The Balaban J connectivity index is 2.77. The lowest BCUT2D eigenvalue weighted by atomic mass is 10.1. The number of rotatable bonds is 3. The number of thioether (sulfide) groups is 1. The summed E-state index contributed by atoms with van der Waals surface area (Å²) in [6, 6.07) is 7.77. The van der Waals surface area contributed by atoms with E-state index in [1.54, 1.807) is 11.8 Å². The Hall–Kier alpha value is -0.180. The average molecular weight is 203 g/mol. The highest BCUT2D eigenvalue weighted by Gasteiger charge is 2.04. The van der Waals surface area contributed by atoms with Crippen LogP contribution < -0.4 is 0 Å². The van der Waals surface area contributed by atoms with E-state index >= 15 is 0 Å². The molecule has 1 nitrogen and oxygen atoms in total. The molecule has 1 aromatic rings. The van der Waals surface area contributed by atoms with Gasteiger partial charge in [-0.2, -0.15) is 0 Å². The molecular weight excluding hydrogens is 192 g/mol. The van der Waals surface area contributed by atoms with Gasteiger partial charge in [0, 0.05) is 4.90 Å². The zero-order valence-electron chi connectivity index (χ0n) is 6.83. The summed E-state index contributed by atoms with van der Waals surface area (Å²) in [4.78, 5) is 1.19. The molecule has 1 aromatic carbocycles. The van der Waals surface area contributed by atoms with Crippen molar-refractivity contribution in [1.29, 1.82) is 0 Å². The molecule has 0 fully saturated rings. The molecule has 0 bridgehead atoms. The van der Waals surface area contributed by atoms with Crippen LogP contribution in [0.4, 0.5) is 0 Å². The molecule has 0 heterocycles. The van der Waals surface area contributed by atoms with Crippen molar-refractivity contribution >= 4 is 23.4 Å². The second-order valence-corrected chi connectivity index (χ2v) is 3.63. The van der Waals surface area contributed by atoms with E-state index in [0.29, 0.717) is 0 Å². The van der Waals surface area contributed by atoms with Gasteiger partial charge < -0.3 is 5.11 Å². The van der Waals surface area contributed by atoms with Gasteiger partial charge in [-0.3, -0.25) is 0 Å². The molecule has 0 unspecified atom stereocenters. The Morgan fingerprint density at radius 2 is 2.00 bits per heavy atom. The predicted molar refractivity (Wildman–Crippen MR) is 53.9 cm³/mol. The maximum Gasteiger partial charge on any atom is 0.0925 e. The van der Waals surface area contributed by atoms with Crippen molar-refractivity contribution in [2.45, 2.75) is 11.0 Å². The number of aliphatic hydroxyl groups excluding tert-OH is 1. The monoisotopic (exact) mass is 202 g/mol.